The van der Waals surface area contributed by atoms with Gasteiger partial charge in [0, 0.05) is 47.8 Å². The first-order valence-electron chi connectivity index (χ1n) is 12.9. The molecule has 1 atom stereocenters. The van der Waals surface area contributed by atoms with Crippen LogP contribution in [0.25, 0.3) is 0 Å². The first-order chi connectivity index (χ1) is 20.0. The zero-order valence-electron chi connectivity index (χ0n) is 22.5. The van der Waals surface area contributed by atoms with Crippen LogP contribution in [-0.4, -0.2) is 49.9 Å². The van der Waals surface area contributed by atoms with Crippen LogP contribution in [0.15, 0.2) is 72.9 Å². The highest BCUT2D eigenvalue weighted by atomic mass is 35.5. The number of benzene rings is 3. The van der Waals surface area contributed by atoms with Crippen LogP contribution >= 0.6 is 11.6 Å². The molecule has 5 rings (SSSR count). The molecule has 2 amide bonds. The Morgan fingerprint density at radius 2 is 1.71 bits per heavy atom. The molecule has 41 heavy (non-hydrogen) atoms. The molecule has 0 radical (unpaired) electrons. The van der Waals surface area contributed by atoms with E-state index in [0.29, 0.717) is 52.0 Å². The molecule has 12 heteroatoms. The lowest BCUT2D eigenvalue weighted by Crippen LogP contribution is -2.33. The normalized spacial score (nSPS) is 14.6. The maximum Gasteiger partial charge on any atom is 0.323 e. The Morgan fingerprint density at radius 3 is 2.46 bits per heavy atom. The summed E-state index contributed by atoms with van der Waals surface area (Å²) < 4.78 is 17.0. The van der Waals surface area contributed by atoms with Crippen LogP contribution in [-0.2, 0) is 4.74 Å². The minimum Gasteiger partial charge on any atom is -0.496 e. The number of rotatable bonds is 9. The van der Waals surface area contributed by atoms with Gasteiger partial charge in [-0.15, -0.1) is 0 Å². The first-order valence-corrected chi connectivity index (χ1v) is 13.3. The average molecular weight is 576 g/mol. The number of aromatic nitrogens is 2. The molecule has 1 aromatic heterocycles. The standard InChI is InChI=1S/C29H30ClN7O4/c1-39-24-14-19(8-10-21(24)26-17-31-12-13-41-26)33-27-22(30)16-32-28(37-27)36-23-11-9-20(15-25(23)40-2)35-29(38)34-18-6-4-3-5-7-18/h3-11,14-16,26,31H,12-13,17H2,1-2H3,(H2,34,35,38)(H2,32,33,36,37). The molecule has 1 aliphatic heterocycles. The van der Waals surface area contributed by atoms with E-state index in [9.17, 15) is 4.79 Å². The summed E-state index contributed by atoms with van der Waals surface area (Å²) in [7, 11) is 3.16. The number of urea groups is 1. The van der Waals surface area contributed by atoms with E-state index in [1.807, 2.05) is 36.4 Å². The summed E-state index contributed by atoms with van der Waals surface area (Å²) in [6.07, 6.45) is 1.42. The van der Waals surface area contributed by atoms with Gasteiger partial charge >= 0.3 is 6.03 Å². The number of nitrogens with one attached hydrogen (secondary N) is 5. The molecule has 2 heterocycles. The number of carbonyl (C=O) groups excluding carboxylic acids is 1. The molecular weight excluding hydrogens is 546 g/mol. The Morgan fingerprint density at radius 1 is 0.951 bits per heavy atom. The summed E-state index contributed by atoms with van der Waals surface area (Å²) in [5.74, 6) is 1.88. The molecule has 0 bridgehead atoms. The Balaban J connectivity index is 1.28. The molecule has 0 aliphatic carbocycles. The van der Waals surface area contributed by atoms with E-state index in [4.69, 9.17) is 25.8 Å². The SMILES string of the molecule is COc1cc(NC(=O)Nc2ccccc2)ccc1Nc1ncc(Cl)c(Nc2ccc(C3CNCCO3)c(OC)c2)n1. The van der Waals surface area contributed by atoms with E-state index in [-0.39, 0.29) is 12.1 Å². The fraction of sp³-hybridized carbons (Fsp3) is 0.207. The Hall–Kier alpha value is -4.58. The summed E-state index contributed by atoms with van der Waals surface area (Å²) in [5.41, 5.74) is 3.53. The van der Waals surface area contributed by atoms with Crippen LogP contribution in [0.4, 0.5) is 39.3 Å². The predicted octanol–water partition coefficient (Wildman–Crippen LogP) is 5.94. The number of anilines is 6. The molecule has 5 N–H and O–H groups in total. The Labute approximate surface area is 242 Å². The first kappa shape index (κ1) is 28.0. The lowest BCUT2D eigenvalue weighted by Gasteiger charge is -2.25. The van der Waals surface area contributed by atoms with Crippen molar-refractivity contribution in [2.24, 2.45) is 0 Å². The number of para-hydroxylation sites is 1. The van der Waals surface area contributed by atoms with Gasteiger partial charge in [-0.2, -0.15) is 4.98 Å². The third kappa shape index (κ3) is 7.14. The van der Waals surface area contributed by atoms with Gasteiger partial charge in [-0.25, -0.2) is 9.78 Å². The molecule has 212 valence electrons. The number of ether oxygens (including phenoxy) is 3. The summed E-state index contributed by atoms with van der Waals surface area (Å²) in [6, 6.07) is 19.8. The minimum absolute atomic E-state index is 0.0824. The van der Waals surface area contributed by atoms with Crippen molar-refractivity contribution in [1.29, 1.82) is 0 Å². The Kier molecular flexibility index (Phi) is 8.99. The number of morpholine rings is 1. The fourth-order valence-corrected chi connectivity index (χ4v) is 4.42. The molecule has 4 aromatic rings. The van der Waals surface area contributed by atoms with Gasteiger partial charge in [0.15, 0.2) is 5.82 Å². The molecule has 1 fully saturated rings. The van der Waals surface area contributed by atoms with Crippen LogP contribution < -0.4 is 36.1 Å². The molecular formula is C29H30ClN7O4. The average Bonchev–Trinajstić information content (AvgIpc) is 3.00. The lowest BCUT2D eigenvalue weighted by atomic mass is 10.1. The number of halogens is 1. The van der Waals surface area contributed by atoms with Gasteiger partial charge in [-0.3, -0.25) is 0 Å². The maximum absolute atomic E-state index is 12.4. The van der Waals surface area contributed by atoms with Gasteiger partial charge in [0.05, 0.1) is 38.8 Å². The maximum atomic E-state index is 12.4. The highest BCUT2D eigenvalue weighted by Gasteiger charge is 2.20. The van der Waals surface area contributed by atoms with Crippen LogP contribution in [0.2, 0.25) is 5.02 Å². The van der Waals surface area contributed by atoms with Crippen molar-refractivity contribution in [3.63, 3.8) is 0 Å². The van der Waals surface area contributed by atoms with E-state index >= 15 is 0 Å². The highest BCUT2D eigenvalue weighted by Crippen LogP contribution is 2.34. The predicted molar refractivity (Wildman–Crippen MR) is 160 cm³/mol. The van der Waals surface area contributed by atoms with E-state index in [1.165, 1.54) is 13.3 Å². The number of hydrogen-bond acceptors (Lipinski definition) is 9. The molecule has 11 nitrogen and oxygen atoms in total. The largest absolute Gasteiger partial charge is 0.496 e. The molecule has 0 saturated carbocycles. The van der Waals surface area contributed by atoms with Crippen molar-refractivity contribution in [3.05, 3.63) is 83.5 Å². The van der Waals surface area contributed by atoms with E-state index in [2.05, 4.69) is 36.6 Å². The van der Waals surface area contributed by atoms with E-state index in [0.717, 1.165) is 24.3 Å². The quantitative estimate of drug-likeness (QED) is 0.164. The van der Waals surface area contributed by atoms with Crippen molar-refractivity contribution < 1.29 is 19.0 Å². The topological polar surface area (TPSA) is 131 Å². The fourth-order valence-electron chi connectivity index (χ4n) is 4.28. The zero-order chi connectivity index (χ0) is 28.6. The van der Waals surface area contributed by atoms with Gasteiger partial charge < -0.3 is 40.8 Å². The van der Waals surface area contributed by atoms with Gasteiger partial charge in [0.1, 0.15) is 16.5 Å². The number of carbonyl (C=O) groups is 1. The van der Waals surface area contributed by atoms with Crippen molar-refractivity contribution in [2.45, 2.75) is 6.10 Å². The lowest BCUT2D eigenvalue weighted by molar-refractivity contribution is 0.0263. The van der Waals surface area contributed by atoms with E-state index in [1.54, 1.807) is 37.4 Å². The smallest absolute Gasteiger partial charge is 0.323 e. The van der Waals surface area contributed by atoms with Crippen molar-refractivity contribution in [2.75, 3.05) is 55.2 Å². The Bertz CT molecular complexity index is 1500. The van der Waals surface area contributed by atoms with Crippen molar-refractivity contribution in [1.82, 2.24) is 15.3 Å². The monoisotopic (exact) mass is 575 g/mol. The number of amides is 2. The van der Waals surface area contributed by atoms with Gasteiger partial charge in [-0.05, 0) is 30.3 Å². The summed E-state index contributed by atoms with van der Waals surface area (Å²) >= 11 is 6.42. The van der Waals surface area contributed by atoms with Crippen LogP contribution in [0.5, 0.6) is 11.5 Å². The van der Waals surface area contributed by atoms with Crippen molar-refractivity contribution >= 4 is 52.1 Å². The van der Waals surface area contributed by atoms with Gasteiger partial charge in [0.2, 0.25) is 5.95 Å². The van der Waals surface area contributed by atoms with E-state index < -0.39 is 0 Å². The second kappa shape index (κ2) is 13.2. The molecule has 1 saturated heterocycles. The van der Waals surface area contributed by atoms with Gasteiger partial charge in [-0.1, -0.05) is 35.9 Å². The molecule has 0 spiro atoms. The zero-order valence-corrected chi connectivity index (χ0v) is 23.3. The number of hydrogen-bond donors (Lipinski definition) is 5. The molecule has 1 aliphatic rings. The number of nitrogens with zero attached hydrogens (tertiary/aromatic N) is 2. The number of methoxy groups -OCH3 is 2. The second-order valence-corrected chi connectivity index (χ2v) is 9.43. The van der Waals surface area contributed by atoms with Crippen LogP contribution in [0, 0.1) is 0 Å². The summed E-state index contributed by atoms with van der Waals surface area (Å²) in [6.45, 7) is 2.20. The third-order valence-corrected chi connectivity index (χ3v) is 6.53. The van der Waals surface area contributed by atoms with Crippen molar-refractivity contribution in [3.8, 4) is 11.5 Å². The summed E-state index contributed by atoms with van der Waals surface area (Å²) in [4.78, 5) is 21.2. The van der Waals surface area contributed by atoms with Gasteiger partial charge in [0.25, 0.3) is 0 Å². The molecule has 1 unspecified atom stereocenters. The second-order valence-electron chi connectivity index (χ2n) is 9.02. The highest BCUT2D eigenvalue weighted by molar-refractivity contribution is 6.32. The molecule has 3 aromatic carbocycles. The third-order valence-electron chi connectivity index (χ3n) is 6.25. The summed E-state index contributed by atoms with van der Waals surface area (Å²) in [5, 5.41) is 15.6. The minimum atomic E-state index is -0.372. The van der Waals surface area contributed by atoms with Crippen LogP contribution in [0.3, 0.4) is 0 Å². The van der Waals surface area contributed by atoms with Crippen LogP contribution in [0.1, 0.15) is 11.7 Å².